The Bertz CT molecular complexity index is 606. The Hall–Kier alpha value is -1.74. The lowest BCUT2D eigenvalue weighted by atomic mass is 10.2. The van der Waals surface area contributed by atoms with E-state index < -0.39 is 0 Å². The van der Waals surface area contributed by atoms with Crippen LogP contribution in [0, 0.1) is 13.8 Å². The van der Waals surface area contributed by atoms with Crippen molar-refractivity contribution in [2.75, 3.05) is 5.73 Å². The molecule has 0 fully saturated rings. The van der Waals surface area contributed by atoms with Crippen LogP contribution in [-0.2, 0) is 0 Å². The van der Waals surface area contributed by atoms with Gasteiger partial charge in [-0.15, -0.1) is 0 Å². The molecule has 2 rings (SSSR count). The van der Waals surface area contributed by atoms with E-state index in [4.69, 9.17) is 17.3 Å². The highest BCUT2D eigenvalue weighted by atomic mass is 35.5. The van der Waals surface area contributed by atoms with Gasteiger partial charge >= 0.3 is 0 Å². The molecular formula is C13H13ClN2O. The standard InChI is InChI=1S/C13H13ClN2O/c1-8-5-11(17)6-9(2)16(8)13-7-10(15)3-4-12(13)14/h3-7H,15H2,1-2H3. The molecule has 17 heavy (non-hydrogen) atoms. The number of hydrogen-bond acceptors (Lipinski definition) is 2. The van der Waals surface area contributed by atoms with Crippen molar-refractivity contribution in [1.82, 2.24) is 4.57 Å². The molecule has 0 aliphatic rings. The number of nitrogen functional groups attached to an aromatic ring is 1. The molecule has 0 unspecified atom stereocenters. The van der Waals surface area contributed by atoms with Gasteiger partial charge in [-0.05, 0) is 32.0 Å². The van der Waals surface area contributed by atoms with Crippen LogP contribution < -0.4 is 11.2 Å². The lowest BCUT2D eigenvalue weighted by Crippen LogP contribution is -2.11. The van der Waals surface area contributed by atoms with Crippen LogP contribution in [0.4, 0.5) is 5.69 Å². The third kappa shape index (κ3) is 2.19. The molecule has 0 bridgehead atoms. The summed E-state index contributed by atoms with van der Waals surface area (Å²) in [6.07, 6.45) is 0. The maximum atomic E-state index is 11.4. The van der Waals surface area contributed by atoms with E-state index in [0.717, 1.165) is 17.1 Å². The second-order valence-corrected chi connectivity index (χ2v) is 4.43. The van der Waals surface area contributed by atoms with Gasteiger partial charge in [-0.1, -0.05) is 11.6 Å². The van der Waals surface area contributed by atoms with Gasteiger partial charge in [0.2, 0.25) is 0 Å². The first-order valence-electron chi connectivity index (χ1n) is 5.25. The highest BCUT2D eigenvalue weighted by Gasteiger charge is 2.08. The monoisotopic (exact) mass is 248 g/mol. The molecule has 0 spiro atoms. The Labute approximate surface area is 104 Å². The summed E-state index contributed by atoms with van der Waals surface area (Å²) < 4.78 is 1.92. The average Bonchev–Trinajstić information content (AvgIpc) is 2.21. The molecule has 1 aromatic carbocycles. The van der Waals surface area contributed by atoms with E-state index in [9.17, 15) is 4.79 Å². The molecule has 0 saturated carbocycles. The lowest BCUT2D eigenvalue weighted by Gasteiger charge is -2.16. The predicted octanol–water partition coefficient (Wildman–Crippen LogP) is 2.69. The van der Waals surface area contributed by atoms with Crippen LogP contribution in [0.1, 0.15) is 11.4 Å². The number of aryl methyl sites for hydroxylation is 2. The minimum absolute atomic E-state index is 0.00345. The van der Waals surface area contributed by atoms with Crippen molar-refractivity contribution in [3.8, 4) is 5.69 Å². The zero-order valence-corrected chi connectivity index (χ0v) is 10.5. The topological polar surface area (TPSA) is 48.0 Å². The third-order valence-corrected chi connectivity index (χ3v) is 2.94. The van der Waals surface area contributed by atoms with Gasteiger partial charge in [-0.2, -0.15) is 0 Å². The highest BCUT2D eigenvalue weighted by molar-refractivity contribution is 6.32. The normalized spacial score (nSPS) is 10.5. The quantitative estimate of drug-likeness (QED) is 0.789. The summed E-state index contributed by atoms with van der Waals surface area (Å²) in [5, 5.41) is 0.606. The molecular weight excluding hydrogens is 236 g/mol. The SMILES string of the molecule is Cc1cc(=O)cc(C)n1-c1cc(N)ccc1Cl. The molecule has 3 nitrogen and oxygen atoms in total. The molecule has 2 aromatic rings. The van der Waals surface area contributed by atoms with Crippen molar-refractivity contribution in [2.45, 2.75) is 13.8 Å². The summed E-state index contributed by atoms with van der Waals surface area (Å²) in [6, 6.07) is 8.45. The van der Waals surface area contributed by atoms with Crippen molar-refractivity contribution >= 4 is 17.3 Å². The van der Waals surface area contributed by atoms with E-state index in [1.807, 2.05) is 18.4 Å². The summed E-state index contributed by atoms with van der Waals surface area (Å²) in [7, 11) is 0. The van der Waals surface area contributed by atoms with Crippen LogP contribution in [0.5, 0.6) is 0 Å². The van der Waals surface area contributed by atoms with Crippen LogP contribution in [0.15, 0.2) is 35.1 Å². The summed E-state index contributed by atoms with van der Waals surface area (Å²) in [5.41, 5.74) is 8.86. The Morgan fingerprint density at radius 3 is 2.29 bits per heavy atom. The van der Waals surface area contributed by atoms with Crippen LogP contribution in [0.25, 0.3) is 5.69 Å². The number of pyridine rings is 1. The number of aromatic nitrogens is 1. The van der Waals surface area contributed by atoms with Crippen molar-refractivity contribution in [3.05, 3.63) is 57.0 Å². The number of rotatable bonds is 1. The van der Waals surface area contributed by atoms with Gasteiger partial charge in [-0.25, -0.2) is 0 Å². The van der Waals surface area contributed by atoms with E-state index in [-0.39, 0.29) is 5.43 Å². The number of halogens is 1. The van der Waals surface area contributed by atoms with Crippen molar-refractivity contribution in [2.24, 2.45) is 0 Å². The van der Waals surface area contributed by atoms with Gasteiger partial charge in [0.1, 0.15) is 0 Å². The third-order valence-electron chi connectivity index (χ3n) is 2.62. The van der Waals surface area contributed by atoms with Gasteiger partial charge in [-0.3, -0.25) is 4.79 Å². The van der Waals surface area contributed by atoms with Gasteiger partial charge in [0.05, 0.1) is 10.7 Å². The molecule has 0 aliphatic heterocycles. The van der Waals surface area contributed by atoms with Gasteiger partial charge in [0, 0.05) is 29.2 Å². The Morgan fingerprint density at radius 1 is 1.12 bits per heavy atom. The number of nitrogens with two attached hydrogens (primary N) is 1. The molecule has 0 atom stereocenters. The predicted molar refractivity (Wildman–Crippen MR) is 70.9 cm³/mol. The van der Waals surface area contributed by atoms with Crippen molar-refractivity contribution in [1.29, 1.82) is 0 Å². The first-order chi connectivity index (χ1) is 7.99. The zero-order valence-electron chi connectivity index (χ0n) is 9.70. The summed E-state index contributed by atoms with van der Waals surface area (Å²) in [4.78, 5) is 11.4. The lowest BCUT2D eigenvalue weighted by molar-refractivity contribution is 0.923. The van der Waals surface area contributed by atoms with E-state index in [0.29, 0.717) is 10.7 Å². The molecule has 2 N–H and O–H groups in total. The fourth-order valence-electron chi connectivity index (χ4n) is 1.94. The first-order valence-corrected chi connectivity index (χ1v) is 5.62. The van der Waals surface area contributed by atoms with E-state index in [2.05, 4.69) is 0 Å². The van der Waals surface area contributed by atoms with Crippen molar-refractivity contribution < 1.29 is 0 Å². The minimum atomic E-state index is -0.00345. The minimum Gasteiger partial charge on any atom is -0.399 e. The Morgan fingerprint density at radius 2 is 1.71 bits per heavy atom. The highest BCUT2D eigenvalue weighted by Crippen LogP contribution is 2.24. The van der Waals surface area contributed by atoms with Gasteiger partial charge < -0.3 is 10.3 Å². The summed E-state index contributed by atoms with van der Waals surface area (Å²) in [5.74, 6) is 0. The second kappa shape index (κ2) is 4.26. The maximum absolute atomic E-state index is 11.4. The van der Waals surface area contributed by atoms with E-state index in [1.54, 1.807) is 30.3 Å². The second-order valence-electron chi connectivity index (χ2n) is 4.02. The summed E-state index contributed by atoms with van der Waals surface area (Å²) in [6.45, 7) is 3.74. The van der Waals surface area contributed by atoms with Crippen LogP contribution >= 0.6 is 11.6 Å². The Balaban J connectivity index is 2.77. The first kappa shape index (κ1) is 11.7. The molecule has 0 radical (unpaired) electrons. The van der Waals surface area contributed by atoms with E-state index in [1.165, 1.54) is 0 Å². The molecule has 88 valence electrons. The molecule has 0 aliphatic carbocycles. The molecule has 0 amide bonds. The van der Waals surface area contributed by atoms with Gasteiger partial charge in [0.15, 0.2) is 5.43 Å². The smallest absolute Gasteiger partial charge is 0.182 e. The number of hydrogen-bond donors (Lipinski definition) is 1. The maximum Gasteiger partial charge on any atom is 0.182 e. The molecule has 4 heteroatoms. The fraction of sp³-hybridized carbons (Fsp3) is 0.154. The molecule has 0 saturated heterocycles. The number of anilines is 1. The zero-order chi connectivity index (χ0) is 12.6. The molecule has 1 aromatic heterocycles. The van der Waals surface area contributed by atoms with Crippen LogP contribution in [0.2, 0.25) is 5.02 Å². The Kier molecular flexibility index (Phi) is 2.94. The average molecular weight is 249 g/mol. The molecule has 1 heterocycles. The number of benzene rings is 1. The largest absolute Gasteiger partial charge is 0.399 e. The van der Waals surface area contributed by atoms with Crippen molar-refractivity contribution in [3.63, 3.8) is 0 Å². The number of nitrogens with zero attached hydrogens (tertiary/aromatic N) is 1. The van der Waals surface area contributed by atoms with Crippen LogP contribution in [0.3, 0.4) is 0 Å². The van der Waals surface area contributed by atoms with E-state index >= 15 is 0 Å². The fourth-order valence-corrected chi connectivity index (χ4v) is 2.14. The van der Waals surface area contributed by atoms with Gasteiger partial charge in [0.25, 0.3) is 0 Å². The van der Waals surface area contributed by atoms with Crippen LogP contribution in [-0.4, -0.2) is 4.57 Å². The summed E-state index contributed by atoms with van der Waals surface area (Å²) >= 11 is 6.16.